The van der Waals surface area contributed by atoms with Crippen LogP contribution in [0.3, 0.4) is 0 Å². The quantitative estimate of drug-likeness (QED) is 0.375. The molecule has 11 nitrogen and oxygen atoms in total. The van der Waals surface area contributed by atoms with Crippen molar-refractivity contribution in [2.75, 3.05) is 13.4 Å². The van der Waals surface area contributed by atoms with Gasteiger partial charge in [0, 0.05) is 30.2 Å². The van der Waals surface area contributed by atoms with E-state index in [0.717, 1.165) is 42.8 Å². The van der Waals surface area contributed by atoms with Crippen LogP contribution in [0.1, 0.15) is 49.4 Å². The van der Waals surface area contributed by atoms with E-state index in [1.165, 1.54) is 0 Å². The lowest BCUT2D eigenvalue weighted by atomic mass is 10.1. The largest absolute Gasteiger partial charge is 0.468 e. The predicted molar refractivity (Wildman–Crippen MR) is 128 cm³/mol. The van der Waals surface area contributed by atoms with Gasteiger partial charge in [-0.1, -0.05) is 6.92 Å². The molecule has 1 aromatic carbocycles. The number of nitrogens with one attached hydrogen (secondary N) is 1. The van der Waals surface area contributed by atoms with E-state index in [4.69, 9.17) is 18.6 Å². The van der Waals surface area contributed by atoms with Crippen LogP contribution >= 0.6 is 0 Å². The molecule has 11 heteroatoms. The second-order valence-electron chi connectivity index (χ2n) is 9.18. The third kappa shape index (κ3) is 4.47. The van der Waals surface area contributed by atoms with Crippen LogP contribution in [0, 0.1) is 0 Å². The highest BCUT2D eigenvalue weighted by atomic mass is 16.7. The standard InChI is InChI=1S/C25H28N6O5/c1-2-21(24-27-28-29-31(24)14-19-6-4-8-34-19)30(13-18-5-3-7-33-18)12-17-9-16-10-22-23(36-15-35-22)11-20(16)26-25(17)32/h3,5,7,9-11,19,21H,2,4,6,8,12-15H2,1H3,(H,26,32)/t19-,21-/m0/s1. The molecule has 0 spiro atoms. The Morgan fingerprint density at radius 2 is 2.11 bits per heavy atom. The van der Waals surface area contributed by atoms with Gasteiger partial charge >= 0.3 is 0 Å². The molecule has 1 fully saturated rings. The highest BCUT2D eigenvalue weighted by Gasteiger charge is 2.28. The Balaban J connectivity index is 1.34. The molecule has 4 aromatic rings. The van der Waals surface area contributed by atoms with E-state index in [0.29, 0.717) is 42.2 Å². The summed E-state index contributed by atoms with van der Waals surface area (Å²) in [4.78, 5) is 18.3. The van der Waals surface area contributed by atoms with E-state index < -0.39 is 0 Å². The minimum absolute atomic E-state index is 0.111. The summed E-state index contributed by atoms with van der Waals surface area (Å²) < 4.78 is 24.3. The fourth-order valence-corrected chi connectivity index (χ4v) is 5.02. The Bertz CT molecular complexity index is 1390. The van der Waals surface area contributed by atoms with Gasteiger partial charge in [-0.3, -0.25) is 9.69 Å². The average Bonchev–Trinajstić information content (AvgIpc) is 3.68. The zero-order valence-corrected chi connectivity index (χ0v) is 20.1. The molecule has 188 valence electrons. The molecule has 0 unspecified atom stereocenters. The lowest BCUT2D eigenvalue weighted by molar-refractivity contribution is 0.0882. The van der Waals surface area contributed by atoms with Crippen molar-refractivity contribution >= 4 is 10.9 Å². The molecule has 0 radical (unpaired) electrons. The number of hydrogen-bond acceptors (Lipinski definition) is 9. The maximum atomic E-state index is 13.1. The number of benzene rings is 1. The van der Waals surface area contributed by atoms with Gasteiger partial charge in [-0.05, 0) is 54.0 Å². The van der Waals surface area contributed by atoms with E-state index in [-0.39, 0.29) is 24.5 Å². The zero-order valence-electron chi connectivity index (χ0n) is 20.1. The van der Waals surface area contributed by atoms with Gasteiger partial charge in [0.2, 0.25) is 6.79 Å². The molecule has 0 bridgehead atoms. The van der Waals surface area contributed by atoms with Crippen LogP contribution in [-0.4, -0.2) is 49.6 Å². The molecule has 0 aliphatic carbocycles. The van der Waals surface area contributed by atoms with Crippen molar-refractivity contribution in [2.45, 2.75) is 58.0 Å². The maximum Gasteiger partial charge on any atom is 0.252 e. The number of furan rings is 1. The molecule has 3 aromatic heterocycles. The Kier molecular flexibility index (Phi) is 6.16. The van der Waals surface area contributed by atoms with E-state index in [2.05, 4.69) is 32.3 Å². The number of tetrazole rings is 1. The minimum Gasteiger partial charge on any atom is -0.468 e. The van der Waals surface area contributed by atoms with Crippen molar-refractivity contribution in [3.8, 4) is 11.5 Å². The molecule has 2 aliphatic heterocycles. The highest BCUT2D eigenvalue weighted by molar-refractivity contribution is 5.83. The Labute approximate surface area is 206 Å². The van der Waals surface area contributed by atoms with Crippen LogP contribution in [0.2, 0.25) is 0 Å². The van der Waals surface area contributed by atoms with Crippen molar-refractivity contribution in [1.82, 2.24) is 30.1 Å². The first-order chi connectivity index (χ1) is 17.7. The number of pyridine rings is 1. The van der Waals surface area contributed by atoms with Gasteiger partial charge in [-0.25, -0.2) is 4.68 Å². The molecule has 1 N–H and O–H groups in total. The van der Waals surface area contributed by atoms with Gasteiger partial charge < -0.3 is 23.6 Å². The number of H-pyrrole nitrogens is 1. The molecule has 5 heterocycles. The summed E-state index contributed by atoms with van der Waals surface area (Å²) in [6.45, 7) is 4.53. The van der Waals surface area contributed by atoms with Gasteiger partial charge in [0.05, 0.1) is 37.0 Å². The van der Waals surface area contributed by atoms with E-state index in [9.17, 15) is 4.79 Å². The molecular formula is C25H28N6O5. The van der Waals surface area contributed by atoms with Crippen LogP contribution in [0.4, 0.5) is 0 Å². The number of aromatic amines is 1. The average molecular weight is 493 g/mol. The first-order valence-electron chi connectivity index (χ1n) is 12.3. The molecule has 0 amide bonds. The fourth-order valence-electron chi connectivity index (χ4n) is 5.02. The SMILES string of the molecule is CC[C@@H](c1nnnn1C[C@@H]1CCCO1)N(Cc1ccco1)Cc1cc2cc3c(cc2[nH]c1=O)OCO3. The Hall–Kier alpha value is -3.70. The van der Waals surface area contributed by atoms with Crippen LogP contribution in [0.15, 0.2) is 45.8 Å². The second-order valence-corrected chi connectivity index (χ2v) is 9.18. The van der Waals surface area contributed by atoms with Crippen LogP contribution < -0.4 is 15.0 Å². The summed E-state index contributed by atoms with van der Waals surface area (Å²) >= 11 is 0. The van der Waals surface area contributed by atoms with Crippen LogP contribution in [0.5, 0.6) is 11.5 Å². The predicted octanol–water partition coefficient (Wildman–Crippen LogP) is 3.17. The van der Waals surface area contributed by atoms with Gasteiger partial charge in [-0.15, -0.1) is 5.10 Å². The van der Waals surface area contributed by atoms with Crippen molar-refractivity contribution in [1.29, 1.82) is 0 Å². The fraction of sp³-hybridized carbons (Fsp3) is 0.440. The molecule has 2 aliphatic rings. The number of aromatic nitrogens is 5. The molecular weight excluding hydrogens is 464 g/mol. The van der Waals surface area contributed by atoms with Crippen molar-refractivity contribution < 1.29 is 18.6 Å². The number of nitrogens with zero attached hydrogens (tertiary/aromatic N) is 5. The summed E-state index contributed by atoms with van der Waals surface area (Å²) in [5, 5.41) is 13.5. The summed E-state index contributed by atoms with van der Waals surface area (Å²) in [7, 11) is 0. The number of rotatable bonds is 9. The molecule has 1 saturated heterocycles. The topological polar surface area (TPSA) is 121 Å². The number of fused-ring (bicyclic) bond motifs is 2. The van der Waals surface area contributed by atoms with Crippen LogP contribution in [-0.2, 0) is 24.4 Å². The zero-order chi connectivity index (χ0) is 24.5. The van der Waals surface area contributed by atoms with Crippen molar-refractivity contribution in [2.24, 2.45) is 0 Å². The van der Waals surface area contributed by atoms with E-state index in [1.807, 2.05) is 28.9 Å². The first-order valence-corrected chi connectivity index (χ1v) is 12.3. The monoisotopic (exact) mass is 492 g/mol. The third-order valence-corrected chi connectivity index (χ3v) is 6.81. The van der Waals surface area contributed by atoms with Gasteiger partial charge in [-0.2, -0.15) is 0 Å². The van der Waals surface area contributed by atoms with E-state index >= 15 is 0 Å². The third-order valence-electron chi connectivity index (χ3n) is 6.81. The second kappa shape index (κ2) is 9.75. The van der Waals surface area contributed by atoms with Crippen LogP contribution in [0.25, 0.3) is 10.9 Å². The number of hydrogen-bond donors (Lipinski definition) is 1. The molecule has 36 heavy (non-hydrogen) atoms. The number of ether oxygens (including phenoxy) is 3. The summed E-state index contributed by atoms with van der Waals surface area (Å²) in [6, 6.07) is 9.26. The Morgan fingerprint density at radius 1 is 1.22 bits per heavy atom. The van der Waals surface area contributed by atoms with Crippen molar-refractivity contribution in [3.05, 3.63) is 64.1 Å². The lowest BCUT2D eigenvalue weighted by Gasteiger charge is -2.29. The lowest BCUT2D eigenvalue weighted by Crippen LogP contribution is -2.33. The molecule has 2 atom stereocenters. The van der Waals surface area contributed by atoms with Gasteiger partial charge in [0.15, 0.2) is 17.3 Å². The summed E-state index contributed by atoms with van der Waals surface area (Å²) in [5.41, 5.74) is 1.18. The van der Waals surface area contributed by atoms with Gasteiger partial charge in [0.1, 0.15) is 5.76 Å². The normalized spacial score (nSPS) is 17.9. The Morgan fingerprint density at radius 3 is 2.89 bits per heavy atom. The van der Waals surface area contributed by atoms with Crippen molar-refractivity contribution in [3.63, 3.8) is 0 Å². The summed E-state index contributed by atoms with van der Waals surface area (Å²) in [6.07, 6.45) is 4.56. The minimum atomic E-state index is -0.153. The van der Waals surface area contributed by atoms with E-state index in [1.54, 1.807) is 12.3 Å². The molecule has 0 saturated carbocycles. The smallest absolute Gasteiger partial charge is 0.252 e. The highest BCUT2D eigenvalue weighted by Crippen LogP contribution is 2.35. The molecule has 6 rings (SSSR count). The first kappa shape index (κ1) is 22.7. The van der Waals surface area contributed by atoms with Gasteiger partial charge in [0.25, 0.3) is 5.56 Å². The summed E-state index contributed by atoms with van der Waals surface area (Å²) in [5.74, 6) is 2.86. The maximum absolute atomic E-state index is 13.1.